The van der Waals surface area contributed by atoms with E-state index < -0.39 is 5.97 Å². The number of nitrogens with one attached hydrogen (secondary N) is 1. The summed E-state index contributed by atoms with van der Waals surface area (Å²) >= 11 is 0. The molecule has 8 heteroatoms. The van der Waals surface area contributed by atoms with Crippen LogP contribution in [0.5, 0.6) is 0 Å². The largest absolute Gasteiger partial charge is 0.478 e. The highest BCUT2D eigenvalue weighted by molar-refractivity contribution is 5.88. The fourth-order valence-electron chi connectivity index (χ4n) is 3.71. The Morgan fingerprint density at radius 2 is 1.77 bits per heavy atom. The number of carbonyl (C=O) groups is 1. The minimum Gasteiger partial charge on any atom is -0.478 e. The van der Waals surface area contributed by atoms with Gasteiger partial charge in [-0.05, 0) is 36.4 Å². The van der Waals surface area contributed by atoms with Gasteiger partial charge in [-0.25, -0.2) is 9.78 Å². The highest BCUT2D eigenvalue weighted by atomic mass is 16.5. The number of hydrogen-bond acceptors (Lipinski definition) is 6. The van der Waals surface area contributed by atoms with Gasteiger partial charge in [-0.15, -0.1) is 0 Å². The molecule has 0 unspecified atom stereocenters. The second-order valence-electron chi connectivity index (χ2n) is 7.27. The summed E-state index contributed by atoms with van der Waals surface area (Å²) in [5.74, 6) is -0.159. The van der Waals surface area contributed by atoms with Gasteiger partial charge >= 0.3 is 5.97 Å². The molecule has 5 rings (SSSR count). The number of nitrogens with zero attached hydrogens (tertiary/aromatic N) is 4. The summed E-state index contributed by atoms with van der Waals surface area (Å²) in [4.78, 5) is 22.4. The van der Waals surface area contributed by atoms with Gasteiger partial charge in [0.2, 0.25) is 0 Å². The molecule has 2 aromatic carbocycles. The van der Waals surface area contributed by atoms with Crippen molar-refractivity contribution in [2.75, 3.05) is 36.5 Å². The van der Waals surface area contributed by atoms with Crippen molar-refractivity contribution in [1.82, 2.24) is 14.4 Å². The van der Waals surface area contributed by atoms with Crippen molar-refractivity contribution in [3.05, 3.63) is 72.7 Å². The van der Waals surface area contributed by atoms with Gasteiger partial charge in [0.05, 0.1) is 25.0 Å². The molecule has 0 radical (unpaired) electrons. The van der Waals surface area contributed by atoms with E-state index in [-0.39, 0.29) is 5.56 Å². The molecule has 0 amide bonds. The summed E-state index contributed by atoms with van der Waals surface area (Å²) in [6, 6.07) is 15.0. The lowest BCUT2D eigenvalue weighted by Gasteiger charge is -2.28. The van der Waals surface area contributed by atoms with Gasteiger partial charge in [-0.3, -0.25) is 9.38 Å². The number of ether oxygens (including phenoxy) is 1. The van der Waals surface area contributed by atoms with Gasteiger partial charge in [0.15, 0.2) is 5.65 Å². The van der Waals surface area contributed by atoms with Crippen LogP contribution >= 0.6 is 0 Å². The number of aromatic carboxylic acids is 1. The lowest BCUT2D eigenvalue weighted by Crippen LogP contribution is -2.36. The summed E-state index contributed by atoms with van der Waals surface area (Å²) in [6.45, 7) is 3.27. The molecular weight excluding hydrogens is 394 g/mol. The molecule has 156 valence electrons. The van der Waals surface area contributed by atoms with Crippen molar-refractivity contribution in [1.29, 1.82) is 0 Å². The number of imidazole rings is 1. The van der Waals surface area contributed by atoms with Crippen LogP contribution in [0.15, 0.2) is 67.1 Å². The Morgan fingerprint density at radius 3 is 2.48 bits per heavy atom. The Bertz CT molecular complexity index is 1210. The average molecular weight is 415 g/mol. The van der Waals surface area contributed by atoms with E-state index in [1.54, 1.807) is 36.7 Å². The van der Waals surface area contributed by atoms with E-state index in [1.165, 1.54) is 0 Å². The number of morpholine rings is 1. The molecule has 0 atom stereocenters. The number of benzene rings is 2. The minimum absolute atomic E-state index is 0.242. The number of fused-ring (bicyclic) bond motifs is 1. The number of carboxylic acid groups (broad SMARTS) is 1. The first-order valence-corrected chi connectivity index (χ1v) is 10.0. The van der Waals surface area contributed by atoms with Crippen LogP contribution in [-0.4, -0.2) is 51.7 Å². The first-order valence-electron chi connectivity index (χ1n) is 10.0. The zero-order chi connectivity index (χ0) is 21.2. The molecule has 4 aromatic rings. The van der Waals surface area contributed by atoms with Crippen molar-refractivity contribution < 1.29 is 14.6 Å². The second-order valence-corrected chi connectivity index (χ2v) is 7.27. The van der Waals surface area contributed by atoms with Crippen LogP contribution in [0.1, 0.15) is 10.4 Å². The monoisotopic (exact) mass is 415 g/mol. The first kappa shape index (κ1) is 19.1. The molecule has 0 aliphatic carbocycles. The third-order valence-corrected chi connectivity index (χ3v) is 5.34. The predicted molar refractivity (Wildman–Crippen MR) is 118 cm³/mol. The van der Waals surface area contributed by atoms with Crippen LogP contribution in [0.2, 0.25) is 0 Å². The van der Waals surface area contributed by atoms with Gasteiger partial charge < -0.3 is 20.1 Å². The molecule has 0 bridgehead atoms. The van der Waals surface area contributed by atoms with Crippen LogP contribution in [0, 0.1) is 0 Å². The predicted octanol–water partition coefficient (Wildman–Crippen LogP) is 3.67. The zero-order valence-electron chi connectivity index (χ0n) is 16.7. The zero-order valence-corrected chi connectivity index (χ0v) is 16.7. The summed E-state index contributed by atoms with van der Waals surface area (Å²) in [6.07, 6.45) is 5.27. The van der Waals surface area contributed by atoms with Gasteiger partial charge in [0, 0.05) is 42.4 Å². The first-order chi connectivity index (χ1) is 15.2. The van der Waals surface area contributed by atoms with Crippen molar-refractivity contribution >= 4 is 28.8 Å². The minimum atomic E-state index is -0.950. The summed E-state index contributed by atoms with van der Waals surface area (Å²) < 4.78 is 7.37. The van der Waals surface area contributed by atoms with E-state index in [1.807, 2.05) is 10.6 Å². The molecule has 1 saturated heterocycles. The molecule has 8 nitrogen and oxygen atoms in total. The standard InChI is InChI=1S/C23H21N5O3/c29-23(30)17-1-5-18(6-2-17)25-22-21(26-20-15-24-9-10-28(20)22)16-3-7-19(8-4-16)27-11-13-31-14-12-27/h1-10,15,25H,11-14H2,(H,29,30). The number of carboxylic acids is 1. The maximum Gasteiger partial charge on any atom is 0.335 e. The molecule has 1 fully saturated rings. The molecule has 0 saturated carbocycles. The smallest absolute Gasteiger partial charge is 0.335 e. The van der Waals surface area contributed by atoms with Gasteiger partial charge in [-0.1, -0.05) is 12.1 Å². The highest BCUT2D eigenvalue weighted by Crippen LogP contribution is 2.32. The van der Waals surface area contributed by atoms with E-state index in [0.717, 1.165) is 60.4 Å². The fraction of sp³-hybridized carbons (Fsp3) is 0.174. The van der Waals surface area contributed by atoms with Gasteiger partial charge in [-0.2, -0.15) is 0 Å². The summed E-state index contributed by atoms with van der Waals surface area (Å²) in [5.41, 5.74) is 4.67. The molecule has 1 aliphatic heterocycles. The average Bonchev–Trinajstić information content (AvgIpc) is 3.18. The van der Waals surface area contributed by atoms with Crippen molar-refractivity contribution in [3.63, 3.8) is 0 Å². The Balaban J connectivity index is 1.50. The molecule has 1 aliphatic rings. The Hall–Kier alpha value is -3.91. The maximum atomic E-state index is 11.1. The number of anilines is 3. The van der Waals surface area contributed by atoms with Crippen LogP contribution in [-0.2, 0) is 4.74 Å². The van der Waals surface area contributed by atoms with Gasteiger partial charge in [0.25, 0.3) is 0 Å². The molecule has 2 N–H and O–H groups in total. The van der Waals surface area contributed by atoms with E-state index in [9.17, 15) is 4.79 Å². The number of rotatable bonds is 5. The third-order valence-electron chi connectivity index (χ3n) is 5.34. The third kappa shape index (κ3) is 3.80. The quantitative estimate of drug-likeness (QED) is 0.514. The van der Waals surface area contributed by atoms with Crippen LogP contribution in [0.25, 0.3) is 16.9 Å². The molecule has 0 spiro atoms. The van der Waals surface area contributed by atoms with E-state index in [2.05, 4.69) is 39.5 Å². The van der Waals surface area contributed by atoms with Crippen LogP contribution in [0.3, 0.4) is 0 Å². The van der Waals surface area contributed by atoms with E-state index in [0.29, 0.717) is 0 Å². The normalized spacial score (nSPS) is 14.0. The highest BCUT2D eigenvalue weighted by Gasteiger charge is 2.16. The van der Waals surface area contributed by atoms with E-state index >= 15 is 0 Å². The Kier molecular flexibility index (Phi) is 4.97. The van der Waals surface area contributed by atoms with Crippen molar-refractivity contribution in [3.8, 4) is 11.3 Å². The molecule has 3 heterocycles. The van der Waals surface area contributed by atoms with Crippen molar-refractivity contribution in [2.45, 2.75) is 0 Å². The lowest BCUT2D eigenvalue weighted by molar-refractivity contribution is 0.0697. The SMILES string of the molecule is O=C(O)c1ccc(Nc2c(-c3ccc(N4CCOCC4)cc3)nc3cnccn23)cc1. The Morgan fingerprint density at radius 1 is 1.03 bits per heavy atom. The fourth-order valence-corrected chi connectivity index (χ4v) is 3.71. The second kappa shape index (κ2) is 8.08. The van der Waals surface area contributed by atoms with Crippen LogP contribution in [0.4, 0.5) is 17.2 Å². The number of aromatic nitrogens is 3. The molecule has 2 aromatic heterocycles. The maximum absolute atomic E-state index is 11.1. The number of hydrogen-bond donors (Lipinski definition) is 2. The lowest BCUT2D eigenvalue weighted by atomic mass is 10.1. The van der Waals surface area contributed by atoms with Crippen molar-refractivity contribution in [2.24, 2.45) is 0 Å². The molecule has 31 heavy (non-hydrogen) atoms. The van der Waals surface area contributed by atoms with Gasteiger partial charge in [0.1, 0.15) is 11.5 Å². The Labute approximate surface area is 178 Å². The summed E-state index contributed by atoms with van der Waals surface area (Å²) in [5, 5.41) is 12.5. The van der Waals surface area contributed by atoms with E-state index in [4.69, 9.17) is 14.8 Å². The molecular formula is C23H21N5O3. The topological polar surface area (TPSA) is 92.0 Å². The van der Waals surface area contributed by atoms with Crippen LogP contribution < -0.4 is 10.2 Å². The summed E-state index contributed by atoms with van der Waals surface area (Å²) in [7, 11) is 0.